The Morgan fingerprint density at radius 2 is 2.10 bits per heavy atom. The van der Waals surface area contributed by atoms with Crippen LogP contribution >= 0.6 is 0 Å². The lowest BCUT2D eigenvalue weighted by Gasteiger charge is -2.46. The normalized spacial score (nSPS) is 25.3. The monoisotopic (exact) mass is 299 g/mol. The van der Waals surface area contributed by atoms with Crippen molar-refractivity contribution in [2.75, 3.05) is 46.6 Å². The molecule has 122 valence electrons. The highest BCUT2D eigenvalue weighted by atomic mass is 16.5. The third-order valence-electron chi connectivity index (χ3n) is 4.64. The predicted octanol–water partition coefficient (Wildman–Crippen LogP) is 0.989. The molecule has 2 fully saturated rings. The maximum atomic E-state index is 7.45. The molecule has 2 aliphatic rings. The number of ether oxygens (including phenoxy) is 3. The van der Waals surface area contributed by atoms with E-state index in [1.54, 1.807) is 7.11 Å². The molecule has 2 heterocycles. The number of rotatable bonds is 7. The number of amidine groups is 1. The maximum Gasteiger partial charge on any atom is 0.0918 e. The summed E-state index contributed by atoms with van der Waals surface area (Å²) in [5, 5.41) is 7.45. The number of nitrogens with two attached hydrogens (primary N) is 1. The lowest BCUT2D eigenvalue weighted by Crippen LogP contribution is -2.52. The van der Waals surface area contributed by atoms with Gasteiger partial charge >= 0.3 is 0 Å². The summed E-state index contributed by atoms with van der Waals surface area (Å²) in [5.74, 6) is 0.255. The molecule has 0 bridgehead atoms. The second-order valence-electron chi connectivity index (χ2n) is 6.09. The molecule has 2 saturated heterocycles. The Bertz CT molecular complexity index is 327. The van der Waals surface area contributed by atoms with E-state index < -0.39 is 0 Å². The van der Waals surface area contributed by atoms with Crippen LogP contribution in [0.25, 0.3) is 0 Å². The topological polar surface area (TPSA) is 80.8 Å². The zero-order chi connectivity index (χ0) is 15.1. The summed E-state index contributed by atoms with van der Waals surface area (Å²) in [6.45, 7) is 4.85. The van der Waals surface area contributed by atoms with Crippen LogP contribution < -0.4 is 5.73 Å². The van der Waals surface area contributed by atoms with Crippen molar-refractivity contribution in [3.8, 4) is 0 Å². The molecule has 2 rings (SSSR count). The average molecular weight is 299 g/mol. The minimum atomic E-state index is 0.00269. The van der Waals surface area contributed by atoms with E-state index in [2.05, 4.69) is 4.90 Å². The minimum absolute atomic E-state index is 0.00269. The van der Waals surface area contributed by atoms with Crippen LogP contribution in [0.2, 0.25) is 0 Å². The van der Waals surface area contributed by atoms with Gasteiger partial charge in [0.1, 0.15) is 0 Å². The molecule has 3 N–H and O–H groups in total. The molecule has 0 radical (unpaired) electrons. The first kappa shape index (κ1) is 16.7. The van der Waals surface area contributed by atoms with E-state index in [-0.39, 0.29) is 11.4 Å². The van der Waals surface area contributed by atoms with Crippen LogP contribution in [0.1, 0.15) is 32.1 Å². The summed E-state index contributed by atoms with van der Waals surface area (Å²) in [6.07, 6.45) is 4.71. The molecule has 0 amide bonds. The van der Waals surface area contributed by atoms with Crippen molar-refractivity contribution >= 4 is 5.84 Å². The summed E-state index contributed by atoms with van der Waals surface area (Å²) in [7, 11) is 1.73. The first-order valence-electron chi connectivity index (χ1n) is 7.93. The highest BCUT2D eigenvalue weighted by Gasteiger charge is 2.40. The van der Waals surface area contributed by atoms with Gasteiger partial charge in [-0.25, -0.2) is 0 Å². The number of methoxy groups -OCH3 is 1. The fourth-order valence-electron chi connectivity index (χ4n) is 3.35. The van der Waals surface area contributed by atoms with Gasteiger partial charge in [-0.3, -0.25) is 10.3 Å². The molecule has 0 aromatic heterocycles. The van der Waals surface area contributed by atoms with E-state index in [4.69, 9.17) is 25.4 Å². The molecule has 1 unspecified atom stereocenters. The van der Waals surface area contributed by atoms with Crippen LogP contribution in [0.3, 0.4) is 0 Å². The molecule has 0 saturated carbocycles. The molecule has 0 aromatic carbocycles. The van der Waals surface area contributed by atoms with E-state index >= 15 is 0 Å². The van der Waals surface area contributed by atoms with Gasteiger partial charge in [-0.1, -0.05) is 0 Å². The Labute approximate surface area is 127 Å². The van der Waals surface area contributed by atoms with Crippen LogP contribution in [0.4, 0.5) is 0 Å². The summed E-state index contributed by atoms with van der Waals surface area (Å²) >= 11 is 0. The molecule has 2 aliphatic heterocycles. The van der Waals surface area contributed by atoms with Crippen molar-refractivity contribution in [3.63, 3.8) is 0 Å². The van der Waals surface area contributed by atoms with Crippen molar-refractivity contribution in [1.29, 1.82) is 5.41 Å². The molecule has 6 heteroatoms. The van der Waals surface area contributed by atoms with Crippen LogP contribution in [-0.4, -0.2) is 69.0 Å². The molecule has 6 nitrogen and oxygen atoms in total. The standard InChI is InChI=1S/C15H29N3O3/c1-19-11-7-18(6-2-14(16)17)13-3-8-21-15(12-13)4-9-20-10-5-15/h13H,2-12H2,1H3,(H3,16,17). The van der Waals surface area contributed by atoms with Gasteiger partial charge in [0, 0.05) is 52.5 Å². The third-order valence-corrected chi connectivity index (χ3v) is 4.64. The maximum absolute atomic E-state index is 7.45. The van der Waals surface area contributed by atoms with Crippen LogP contribution in [0, 0.1) is 5.41 Å². The highest BCUT2D eigenvalue weighted by molar-refractivity contribution is 5.76. The van der Waals surface area contributed by atoms with Gasteiger partial charge < -0.3 is 19.9 Å². The van der Waals surface area contributed by atoms with E-state index in [9.17, 15) is 0 Å². The van der Waals surface area contributed by atoms with Gasteiger partial charge in [-0.15, -0.1) is 0 Å². The van der Waals surface area contributed by atoms with Crippen molar-refractivity contribution < 1.29 is 14.2 Å². The summed E-state index contributed by atoms with van der Waals surface area (Å²) in [5.41, 5.74) is 5.52. The van der Waals surface area contributed by atoms with E-state index in [1.165, 1.54) is 0 Å². The van der Waals surface area contributed by atoms with Gasteiger partial charge in [-0.05, 0) is 25.7 Å². The van der Waals surface area contributed by atoms with Crippen LogP contribution in [-0.2, 0) is 14.2 Å². The first-order chi connectivity index (χ1) is 10.2. The Morgan fingerprint density at radius 3 is 2.76 bits per heavy atom. The molecule has 1 atom stereocenters. The Balaban J connectivity index is 1.94. The van der Waals surface area contributed by atoms with Crippen LogP contribution in [0.15, 0.2) is 0 Å². The first-order valence-corrected chi connectivity index (χ1v) is 7.93. The van der Waals surface area contributed by atoms with E-state index in [0.717, 1.165) is 58.6 Å². The van der Waals surface area contributed by atoms with Crippen molar-refractivity contribution in [1.82, 2.24) is 4.90 Å². The number of nitrogens with one attached hydrogen (secondary N) is 1. The zero-order valence-electron chi connectivity index (χ0n) is 13.1. The Kier molecular flexibility index (Phi) is 6.41. The van der Waals surface area contributed by atoms with Crippen LogP contribution in [0.5, 0.6) is 0 Å². The molecule has 1 spiro atoms. The number of hydrogen-bond donors (Lipinski definition) is 2. The van der Waals surface area contributed by atoms with Gasteiger partial charge in [0.25, 0.3) is 0 Å². The minimum Gasteiger partial charge on any atom is -0.388 e. The van der Waals surface area contributed by atoms with Crippen molar-refractivity contribution in [3.05, 3.63) is 0 Å². The zero-order valence-corrected chi connectivity index (χ0v) is 13.1. The predicted molar refractivity (Wildman–Crippen MR) is 81.7 cm³/mol. The Hall–Kier alpha value is -0.690. The molecule has 21 heavy (non-hydrogen) atoms. The fourth-order valence-corrected chi connectivity index (χ4v) is 3.35. The average Bonchev–Trinajstić information content (AvgIpc) is 2.48. The fraction of sp³-hybridized carbons (Fsp3) is 0.933. The largest absolute Gasteiger partial charge is 0.388 e. The quantitative estimate of drug-likeness (QED) is 0.541. The third kappa shape index (κ3) is 4.92. The molecular formula is C15H29N3O3. The van der Waals surface area contributed by atoms with E-state index in [1.807, 2.05) is 0 Å². The number of nitrogens with zero attached hydrogens (tertiary/aromatic N) is 1. The summed E-state index contributed by atoms with van der Waals surface area (Å²) < 4.78 is 16.8. The van der Waals surface area contributed by atoms with Gasteiger partial charge in [0.2, 0.25) is 0 Å². The second-order valence-corrected chi connectivity index (χ2v) is 6.09. The molecule has 0 aromatic rings. The Morgan fingerprint density at radius 1 is 1.33 bits per heavy atom. The van der Waals surface area contributed by atoms with E-state index in [0.29, 0.717) is 19.1 Å². The second kappa shape index (κ2) is 8.08. The van der Waals surface area contributed by atoms with Crippen molar-refractivity contribution in [2.24, 2.45) is 5.73 Å². The van der Waals surface area contributed by atoms with Gasteiger partial charge in [0.15, 0.2) is 0 Å². The molecule has 0 aliphatic carbocycles. The van der Waals surface area contributed by atoms with Gasteiger partial charge in [0.05, 0.1) is 18.0 Å². The lowest BCUT2D eigenvalue weighted by atomic mass is 9.83. The van der Waals surface area contributed by atoms with Gasteiger partial charge in [-0.2, -0.15) is 0 Å². The summed E-state index contributed by atoms with van der Waals surface area (Å²) in [4.78, 5) is 2.42. The number of hydrogen-bond acceptors (Lipinski definition) is 5. The summed E-state index contributed by atoms with van der Waals surface area (Å²) in [6, 6.07) is 0.492. The lowest BCUT2D eigenvalue weighted by molar-refractivity contribution is -0.151. The smallest absolute Gasteiger partial charge is 0.0918 e. The van der Waals surface area contributed by atoms with Crippen molar-refractivity contribution in [2.45, 2.75) is 43.7 Å². The molecular weight excluding hydrogens is 270 g/mol. The highest BCUT2D eigenvalue weighted by Crippen LogP contribution is 2.36. The SMILES string of the molecule is COCCN(CCC(=N)N)C1CCOC2(CCOCC2)C1.